The molecule has 0 aliphatic carbocycles. The number of hydrogen-bond donors (Lipinski definition) is 14. The minimum Gasteiger partial charge on any atom is -0.481 e. The summed E-state index contributed by atoms with van der Waals surface area (Å²) in [6.07, 6.45) is 1.24. The first-order valence-electron chi connectivity index (χ1n) is 27.4. The van der Waals surface area contributed by atoms with Gasteiger partial charge in [0.05, 0.1) is 44.0 Å². The van der Waals surface area contributed by atoms with Crippen LogP contribution in [0.2, 0.25) is 0 Å². The maximum Gasteiger partial charge on any atom is 0.326 e. The lowest BCUT2D eigenvalue weighted by atomic mass is 10.0. The van der Waals surface area contributed by atoms with Crippen LogP contribution in [0.4, 0.5) is 5.69 Å². The lowest BCUT2D eigenvalue weighted by Crippen LogP contribution is -2.59. The van der Waals surface area contributed by atoms with Crippen LogP contribution in [0.3, 0.4) is 0 Å². The normalized spacial score (nSPS) is 16.9. The van der Waals surface area contributed by atoms with E-state index >= 15 is 0 Å². The number of hydrogen-bond acceptors (Lipinski definition) is 17. The highest BCUT2D eigenvalue weighted by molar-refractivity contribution is 7.80. The third-order valence-electron chi connectivity index (χ3n) is 13.6. The second-order valence-electron chi connectivity index (χ2n) is 20.8. The summed E-state index contributed by atoms with van der Waals surface area (Å²) < 4.78 is 0. The Kier molecular flexibility index (Phi) is 28.1. The number of aryl methyl sites for hydroxylation is 1. The highest BCUT2D eigenvalue weighted by Gasteiger charge is 2.35. The summed E-state index contributed by atoms with van der Waals surface area (Å²) in [5.74, 6) is -11.2. The fourth-order valence-electron chi connectivity index (χ4n) is 9.49. The van der Waals surface area contributed by atoms with Crippen LogP contribution in [0, 0.1) is 5.92 Å². The third kappa shape index (κ3) is 24.0. The van der Waals surface area contributed by atoms with Crippen LogP contribution >= 0.6 is 12.2 Å². The number of benzene rings is 1. The van der Waals surface area contributed by atoms with Crippen molar-refractivity contribution >= 4 is 88.4 Å². The Labute approximate surface area is 490 Å². The van der Waals surface area contributed by atoms with Crippen molar-refractivity contribution in [3.05, 3.63) is 59.4 Å². The van der Waals surface area contributed by atoms with E-state index in [0.29, 0.717) is 49.3 Å². The van der Waals surface area contributed by atoms with Crippen molar-refractivity contribution in [1.82, 2.24) is 51.2 Å². The van der Waals surface area contributed by atoms with Gasteiger partial charge in [-0.05, 0) is 99.3 Å². The molecule has 1 saturated heterocycles. The molecule has 5 amide bonds. The minimum absolute atomic E-state index is 0.0568. The summed E-state index contributed by atoms with van der Waals surface area (Å²) in [5, 5.41) is 73.9. The number of pyridine rings is 1. The minimum atomic E-state index is -1.75. The van der Waals surface area contributed by atoms with Gasteiger partial charge in [-0.25, -0.2) is 4.79 Å². The molecule has 1 unspecified atom stereocenters. The highest BCUT2D eigenvalue weighted by Crippen LogP contribution is 2.22. The first-order chi connectivity index (χ1) is 39.8. The topological polar surface area (TPSA) is 455 Å². The fourth-order valence-corrected chi connectivity index (χ4v) is 9.83. The number of carbonyl (C=O) groups is 10. The van der Waals surface area contributed by atoms with Crippen LogP contribution in [-0.4, -0.2) is 227 Å². The Bertz CT molecular complexity index is 2660. The number of rotatable bonds is 31. The number of nitrogens with one attached hydrogen (secondary N) is 6. The molecule has 2 aliphatic heterocycles. The first-order valence-corrected chi connectivity index (χ1v) is 27.8. The van der Waals surface area contributed by atoms with Gasteiger partial charge in [-0.15, -0.1) is 0 Å². The monoisotopic (exact) mass is 1200 g/mol. The van der Waals surface area contributed by atoms with E-state index in [1.54, 1.807) is 63.8 Å². The Hall–Kier alpha value is -8.13. The van der Waals surface area contributed by atoms with Gasteiger partial charge in [0.15, 0.2) is 11.1 Å². The summed E-state index contributed by atoms with van der Waals surface area (Å²) in [5.41, 5.74) is 13.2. The standard InChI is InChI=1S/C53H78N14O16S/c1-31(2)23-37(46(76)63-39(30-68)48(78)61-36(50(80)81)10-5-17-56-52(54)55)62-47(77)38(24-43(70)71)60-42(69)25-57-49(79)40-12-6-18-67(40)53(84)59-33-15-13-32(14-16-33)7-3-11-41(51(82)83)66-22-21-64(28-44(72)73)19-20-65(29-45(74)75)26-34-8-4-9-35(27-66)58-34/h4,8-9,13-16,31,36-41,68H,3,5-7,10-12,17-30H2,1-2H3,(H,57,79)(H,59,84)(H,60,69)(H,61,78)(H,62,77)(H,63,76)(H,70,71)(H,72,73)(H,74,75)(H,80,81)(H,82,83)(H4,54,55,56)/t36-,37-,38-,39-,40-,41?/m0/s1. The van der Waals surface area contributed by atoms with E-state index in [4.69, 9.17) is 28.7 Å². The molecule has 6 atom stereocenters. The largest absolute Gasteiger partial charge is 0.481 e. The van der Waals surface area contributed by atoms with E-state index in [1.165, 1.54) is 0 Å². The molecule has 2 bridgehead atoms. The molecule has 0 radical (unpaired) electrons. The number of aliphatic hydroxyl groups is 1. The number of guanidine groups is 1. The van der Waals surface area contributed by atoms with Crippen molar-refractivity contribution in [3.8, 4) is 0 Å². The second kappa shape index (κ2) is 34.5. The molecular formula is C53H78N14O16S. The van der Waals surface area contributed by atoms with Crippen LogP contribution in [0.25, 0.3) is 0 Å². The summed E-state index contributed by atoms with van der Waals surface area (Å²) in [6.45, 7) is 2.93. The predicted molar refractivity (Wildman–Crippen MR) is 305 cm³/mol. The van der Waals surface area contributed by atoms with Crippen molar-refractivity contribution in [2.45, 2.75) is 121 Å². The lowest BCUT2D eigenvalue weighted by molar-refractivity contribution is -0.145. The fraction of sp³-hybridized carbons (Fsp3) is 0.566. The van der Waals surface area contributed by atoms with Crippen molar-refractivity contribution in [2.75, 3.05) is 70.8 Å². The quantitative estimate of drug-likeness (QED) is 0.0161. The highest BCUT2D eigenvalue weighted by atomic mass is 32.1. The number of likely N-dealkylation sites (tertiary alicyclic amines) is 1. The number of nitrogens with zero attached hydrogens (tertiary/aromatic N) is 6. The predicted octanol–water partition coefficient (Wildman–Crippen LogP) is -2.49. The van der Waals surface area contributed by atoms with Crippen LogP contribution in [0.1, 0.15) is 82.2 Å². The van der Waals surface area contributed by atoms with E-state index in [9.17, 15) is 78.6 Å². The van der Waals surface area contributed by atoms with Gasteiger partial charge in [-0.3, -0.25) is 67.8 Å². The average molecular weight is 1200 g/mol. The van der Waals surface area contributed by atoms with Gasteiger partial charge in [0.25, 0.3) is 0 Å². The van der Waals surface area contributed by atoms with Gasteiger partial charge in [-0.2, -0.15) is 0 Å². The van der Waals surface area contributed by atoms with E-state index in [0.717, 1.165) is 5.56 Å². The molecule has 1 fully saturated rings. The maximum atomic E-state index is 13.5. The smallest absolute Gasteiger partial charge is 0.326 e. The van der Waals surface area contributed by atoms with Gasteiger partial charge >= 0.3 is 29.8 Å². The number of thiocarbonyl (C=S) groups is 1. The number of nitrogens with two attached hydrogens (primary N) is 2. The molecule has 30 nitrogen and oxygen atoms in total. The molecular weight excluding hydrogens is 1120 g/mol. The van der Waals surface area contributed by atoms with Crippen LogP contribution in [0.5, 0.6) is 0 Å². The van der Waals surface area contributed by atoms with E-state index in [1.807, 2.05) is 12.1 Å². The number of anilines is 1. The maximum absolute atomic E-state index is 13.5. The number of aromatic nitrogens is 1. The number of aliphatic carboxylic acids is 5. The molecule has 1 aromatic heterocycles. The molecule has 0 saturated carbocycles. The van der Waals surface area contributed by atoms with E-state index in [2.05, 4.69) is 36.9 Å². The molecule has 2 aromatic rings. The van der Waals surface area contributed by atoms with Gasteiger partial charge in [0.1, 0.15) is 36.3 Å². The Morgan fingerprint density at radius 1 is 0.702 bits per heavy atom. The van der Waals surface area contributed by atoms with Crippen molar-refractivity contribution in [1.29, 1.82) is 0 Å². The summed E-state index contributed by atoms with van der Waals surface area (Å²) in [4.78, 5) is 142. The zero-order valence-corrected chi connectivity index (χ0v) is 47.8. The zero-order chi connectivity index (χ0) is 62.0. The Balaban J connectivity index is 1.31. The number of fused-ring (bicyclic) bond motifs is 2. The molecule has 16 N–H and O–H groups in total. The molecule has 1 aromatic carbocycles. The summed E-state index contributed by atoms with van der Waals surface area (Å²) in [6, 6.07) is 4.54. The van der Waals surface area contributed by atoms with Gasteiger partial charge < -0.3 is 78.9 Å². The molecule has 2 aliphatic rings. The van der Waals surface area contributed by atoms with Crippen LogP contribution < -0.4 is 43.4 Å². The molecule has 462 valence electrons. The van der Waals surface area contributed by atoms with Crippen molar-refractivity contribution in [2.24, 2.45) is 22.4 Å². The number of carboxylic acid groups (broad SMARTS) is 5. The Morgan fingerprint density at radius 3 is 1.93 bits per heavy atom. The van der Waals surface area contributed by atoms with Crippen LogP contribution in [0.15, 0.2) is 47.5 Å². The van der Waals surface area contributed by atoms with Crippen LogP contribution in [-0.2, 0) is 67.5 Å². The zero-order valence-electron chi connectivity index (χ0n) is 46.9. The first kappa shape index (κ1) is 68.4. The third-order valence-corrected chi connectivity index (χ3v) is 14.0. The molecule has 3 heterocycles. The Morgan fingerprint density at radius 2 is 1.31 bits per heavy atom. The molecule has 0 spiro atoms. The summed E-state index contributed by atoms with van der Waals surface area (Å²) in [7, 11) is 0. The number of aliphatic imine (C=N–C) groups is 1. The molecule has 4 rings (SSSR count). The van der Waals surface area contributed by atoms with Gasteiger partial charge in [0.2, 0.25) is 29.5 Å². The molecule has 84 heavy (non-hydrogen) atoms. The van der Waals surface area contributed by atoms with Gasteiger partial charge in [-0.1, -0.05) is 32.0 Å². The van der Waals surface area contributed by atoms with E-state index in [-0.39, 0.29) is 102 Å². The number of carbonyl (C=O) groups excluding carboxylic acids is 5. The van der Waals surface area contributed by atoms with E-state index < -0.39 is 115 Å². The van der Waals surface area contributed by atoms with Crippen molar-refractivity contribution < 1.29 is 78.6 Å². The number of carboxylic acids is 5. The number of amides is 5. The molecule has 31 heteroatoms. The SMILES string of the molecule is CC(C)C[C@H](NC(=O)[C@H](CC(=O)O)NC(=O)CNC(=O)[C@@H]1CCCN1C(=S)Nc1ccc(CCCC(C(=O)O)N2CCN(CC(=O)O)CCN(CC(=O)O)Cc3cccc(n3)C2)cc1)C(=O)N[C@@H](CO)C(=O)N[C@@H](CCCN=C(N)N)C(=O)O. The average Bonchev–Trinajstić information content (AvgIpc) is 4.07. The van der Waals surface area contributed by atoms with Gasteiger partial charge in [0, 0.05) is 58.0 Å². The lowest BCUT2D eigenvalue weighted by Gasteiger charge is -2.33. The summed E-state index contributed by atoms with van der Waals surface area (Å²) >= 11 is 5.70. The second-order valence-corrected chi connectivity index (χ2v) is 21.2. The van der Waals surface area contributed by atoms with Crippen molar-refractivity contribution in [3.63, 3.8) is 0 Å². The number of aliphatic hydroxyl groups excluding tert-OH is 1.